The highest BCUT2D eigenvalue weighted by atomic mass is 15.3. The largest absolute Gasteiger partial charge is 0.353 e. The highest BCUT2D eigenvalue weighted by Crippen LogP contribution is 2.49. The van der Waals surface area contributed by atoms with Gasteiger partial charge >= 0.3 is 0 Å². The van der Waals surface area contributed by atoms with Gasteiger partial charge in [0.05, 0.1) is 11.4 Å². The summed E-state index contributed by atoms with van der Waals surface area (Å²) < 4.78 is 0. The highest BCUT2D eigenvalue weighted by Gasteiger charge is 2.45. The zero-order valence-electron chi connectivity index (χ0n) is 20.9. The molecule has 5 aromatic carbocycles. The summed E-state index contributed by atoms with van der Waals surface area (Å²) in [5.74, 6) is 0. The van der Waals surface area contributed by atoms with Crippen LogP contribution in [0.15, 0.2) is 48.5 Å². The molecule has 0 fully saturated rings. The molecule has 39 heavy (non-hydrogen) atoms. The second-order valence-electron chi connectivity index (χ2n) is 9.73. The SMILES string of the molecule is [B]c1c([B])c([B])c(C2(c3c([B])c([B])c([B])c([B])c3[B])Nc3c(c4ccccc4c4ccccc34)N2)c([B])c1[B]. The van der Waals surface area contributed by atoms with Gasteiger partial charge in [0, 0.05) is 10.8 Å². The molecule has 0 atom stereocenters. The summed E-state index contributed by atoms with van der Waals surface area (Å²) in [7, 11) is 64.1. The molecule has 1 aliphatic rings. The topological polar surface area (TPSA) is 24.1 Å². The van der Waals surface area contributed by atoms with Crippen molar-refractivity contribution in [3.63, 3.8) is 0 Å². The van der Waals surface area contributed by atoms with Crippen molar-refractivity contribution in [2.75, 3.05) is 10.6 Å². The number of benzene rings is 5. The van der Waals surface area contributed by atoms with E-state index in [4.69, 9.17) is 78.5 Å². The summed E-state index contributed by atoms with van der Waals surface area (Å²) in [4.78, 5) is 0. The maximum absolute atomic E-state index is 6.63. The summed E-state index contributed by atoms with van der Waals surface area (Å²) in [6.07, 6.45) is 0. The molecule has 1 aliphatic heterocycles. The maximum atomic E-state index is 6.63. The standard InChI is InChI=1S/C27H10B10N2/c28-15-13(16(29)20(33)23(36)19(15)32)27(14-17(30)21(34)24(37)22(35)18(14)31)38-25-11-7-3-1-5-9(11)10-6-2-4-8-12(10)26(25)39-27/h1-8,38-39H. The minimum atomic E-state index is -1.54. The lowest BCUT2D eigenvalue weighted by atomic mass is 9.55. The highest BCUT2D eigenvalue weighted by molar-refractivity contribution is 6.69. The van der Waals surface area contributed by atoms with Gasteiger partial charge in [0.2, 0.25) is 0 Å². The molecule has 5 aromatic rings. The Bertz CT molecular complexity index is 1690. The van der Waals surface area contributed by atoms with Crippen molar-refractivity contribution < 1.29 is 0 Å². The third-order valence-electron chi connectivity index (χ3n) is 7.71. The van der Waals surface area contributed by atoms with E-state index in [-0.39, 0.29) is 65.8 Å². The zero-order chi connectivity index (χ0) is 28.0. The van der Waals surface area contributed by atoms with E-state index in [9.17, 15) is 0 Å². The summed E-state index contributed by atoms with van der Waals surface area (Å²) >= 11 is 0. The normalized spacial score (nSPS) is 13.7. The second-order valence-corrected chi connectivity index (χ2v) is 9.73. The molecule has 20 radical (unpaired) electrons. The molecular formula is C27H10B10N2. The van der Waals surface area contributed by atoms with E-state index >= 15 is 0 Å². The third-order valence-corrected chi connectivity index (χ3v) is 7.71. The Morgan fingerprint density at radius 1 is 0.359 bits per heavy atom. The Kier molecular flexibility index (Phi) is 5.99. The predicted octanol–water partition coefficient (Wildman–Crippen LogP) is -5.33. The minimum Gasteiger partial charge on any atom is -0.353 e. The zero-order valence-corrected chi connectivity index (χ0v) is 20.9. The van der Waals surface area contributed by atoms with Crippen LogP contribution in [0.4, 0.5) is 11.4 Å². The number of hydrogen-bond donors (Lipinski definition) is 2. The van der Waals surface area contributed by atoms with Crippen LogP contribution in [0, 0.1) is 0 Å². The van der Waals surface area contributed by atoms with Gasteiger partial charge in [-0.2, -0.15) is 0 Å². The van der Waals surface area contributed by atoms with Crippen LogP contribution in [-0.2, 0) is 5.66 Å². The van der Waals surface area contributed by atoms with Crippen molar-refractivity contribution in [1.82, 2.24) is 0 Å². The molecule has 12 heteroatoms. The van der Waals surface area contributed by atoms with E-state index in [1.807, 2.05) is 48.5 Å². The Morgan fingerprint density at radius 2 is 0.615 bits per heavy atom. The van der Waals surface area contributed by atoms with Gasteiger partial charge in [0.25, 0.3) is 0 Å². The van der Waals surface area contributed by atoms with Crippen LogP contribution in [0.3, 0.4) is 0 Å². The minimum absolute atomic E-state index is 0.0545. The number of hydrogen-bond acceptors (Lipinski definition) is 2. The Balaban J connectivity index is 1.82. The molecule has 0 bridgehead atoms. The van der Waals surface area contributed by atoms with Crippen molar-refractivity contribution in [1.29, 1.82) is 0 Å². The van der Waals surface area contributed by atoms with E-state index < -0.39 is 5.66 Å². The predicted molar refractivity (Wildman–Crippen MR) is 176 cm³/mol. The molecule has 1 heterocycles. The number of rotatable bonds is 2. The molecule has 6 rings (SSSR count). The van der Waals surface area contributed by atoms with Crippen molar-refractivity contribution >= 4 is 166 Å². The van der Waals surface area contributed by atoms with Crippen molar-refractivity contribution in [2.45, 2.75) is 5.66 Å². The lowest BCUT2D eigenvalue weighted by Crippen LogP contribution is -2.66. The lowest BCUT2D eigenvalue weighted by molar-refractivity contribution is 0.726. The van der Waals surface area contributed by atoms with Gasteiger partial charge in [-0.05, 0) is 21.9 Å². The molecule has 0 aliphatic carbocycles. The molecule has 158 valence electrons. The Hall–Kier alpha value is -3.13. The van der Waals surface area contributed by atoms with Gasteiger partial charge < -0.3 is 10.6 Å². The van der Waals surface area contributed by atoms with Gasteiger partial charge in [-0.3, -0.25) is 0 Å². The average Bonchev–Trinajstić information content (AvgIpc) is 3.34. The Labute approximate surface area is 241 Å². The van der Waals surface area contributed by atoms with E-state index in [0.29, 0.717) is 0 Å². The molecule has 0 saturated heterocycles. The number of anilines is 2. The molecule has 2 N–H and O–H groups in total. The van der Waals surface area contributed by atoms with E-state index in [0.717, 1.165) is 32.9 Å². The molecular weight excluding hydrogens is 460 g/mol. The first kappa shape index (κ1) is 26.1. The van der Waals surface area contributed by atoms with Crippen LogP contribution >= 0.6 is 0 Å². The molecule has 0 unspecified atom stereocenters. The van der Waals surface area contributed by atoms with Gasteiger partial charge in [-0.15, -0.1) is 32.8 Å². The number of fused-ring (bicyclic) bond motifs is 6. The van der Waals surface area contributed by atoms with E-state index in [1.54, 1.807) is 0 Å². The summed E-state index contributed by atoms with van der Waals surface area (Å²) in [5, 5.41) is 11.1. The van der Waals surface area contributed by atoms with Crippen molar-refractivity contribution in [3.8, 4) is 0 Å². The van der Waals surface area contributed by atoms with Crippen LogP contribution in [0.2, 0.25) is 0 Å². The first-order chi connectivity index (χ1) is 18.5. The van der Waals surface area contributed by atoms with E-state index in [1.165, 1.54) is 0 Å². The third kappa shape index (κ3) is 3.43. The van der Waals surface area contributed by atoms with Crippen LogP contribution in [0.5, 0.6) is 0 Å². The van der Waals surface area contributed by atoms with Crippen LogP contribution < -0.4 is 65.3 Å². The van der Waals surface area contributed by atoms with Crippen LogP contribution in [0.1, 0.15) is 11.1 Å². The van der Waals surface area contributed by atoms with Gasteiger partial charge in [0.15, 0.2) is 5.66 Å². The lowest BCUT2D eigenvalue weighted by Gasteiger charge is -2.41. The maximum Gasteiger partial charge on any atom is 0.159 e. The Morgan fingerprint density at radius 3 is 0.923 bits per heavy atom. The summed E-state index contributed by atoms with van der Waals surface area (Å²) in [6, 6.07) is 15.9. The molecule has 0 saturated carbocycles. The van der Waals surface area contributed by atoms with Crippen molar-refractivity contribution in [3.05, 3.63) is 59.7 Å². The number of nitrogens with one attached hydrogen (secondary N) is 2. The van der Waals surface area contributed by atoms with Crippen LogP contribution in [0.25, 0.3) is 21.5 Å². The fraction of sp³-hybridized carbons (Fsp3) is 0.0370. The van der Waals surface area contributed by atoms with Crippen molar-refractivity contribution in [2.24, 2.45) is 0 Å². The quantitative estimate of drug-likeness (QED) is 0.199. The first-order valence-electron chi connectivity index (χ1n) is 12.0. The molecule has 0 amide bonds. The second kappa shape index (κ2) is 8.95. The fourth-order valence-corrected chi connectivity index (χ4v) is 5.69. The fourth-order valence-electron chi connectivity index (χ4n) is 5.69. The van der Waals surface area contributed by atoms with Gasteiger partial charge in [0.1, 0.15) is 78.5 Å². The molecule has 0 aromatic heterocycles. The van der Waals surface area contributed by atoms with Gasteiger partial charge in [-0.25, -0.2) is 0 Å². The summed E-state index contributed by atoms with van der Waals surface area (Å²) in [5.41, 5.74) is 1.12. The summed E-state index contributed by atoms with van der Waals surface area (Å²) in [6.45, 7) is 0. The smallest absolute Gasteiger partial charge is 0.159 e. The van der Waals surface area contributed by atoms with Crippen LogP contribution in [-0.4, -0.2) is 78.5 Å². The first-order valence-corrected chi connectivity index (χ1v) is 12.0. The molecule has 2 nitrogen and oxygen atoms in total. The van der Waals surface area contributed by atoms with E-state index in [2.05, 4.69) is 10.6 Å². The average molecular weight is 471 g/mol. The molecule has 0 spiro atoms. The van der Waals surface area contributed by atoms with Gasteiger partial charge in [-0.1, -0.05) is 70.4 Å². The monoisotopic (exact) mass is 472 g/mol.